The molecule has 0 amide bonds. The predicted molar refractivity (Wildman–Crippen MR) is 70.5 cm³/mol. The van der Waals surface area contributed by atoms with Crippen LogP contribution < -0.4 is 5.73 Å². The molecule has 19 heavy (non-hydrogen) atoms. The van der Waals surface area contributed by atoms with Gasteiger partial charge in [-0.05, 0) is 24.3 Å². The molecule has 0 atom stereocenters. The van der Waals surface area contributed by atoms with E-state index >= 15 is 0 Å². The Labute approximate surface area is 107 Å². The second kappa shape index (κ2) is 4.09. The van der Waals surface area contributed by atoms with Gasteiger partial charge >= 0.3 is 0 Å². The summed E-state index contributed by atoms with van der Waals surface area (Å²) >= 11 is 0. The average Bonchev–Trinajstić information content (AvgIpc) is 2.81. The second-order valence-corrected chi connectivity index (χ2v) is 4.05. The van der Waals surface area contributed by atoms with Crippen molar-refractivity contribution < 1.29 is 9.34 Å². The van der Waals surface area contributed by atoms with E-state index in [4.69, 9.17) is 10.2 Å². The van der Waals surface area contributed by atoms with E-state index in [0.717, 1.165) is 0 Å². The monoisotopic (exact) mass is 255 g/mol. The number of nitrogens with two attached hydrogens (primary N) is 1. The molecule has 3 aromatic rings. The summed E-state index contributed by atoms with van der Waals surface area (Å²) in [4.78, 5) is 14.6. The minimum atomic E-state index is -0.454. The first-order valence-corrected chi connectivity index (χ1v) is 5.54. The number of oxazole rings is 1. The summed E-state index contributed by atoms with van der Waals surface area (Å²) in [7, 11) is 0. The first-order chi connectivity index (χ1) is 9.13. The standard InChI is InChI=1S/C13H9N3O3/c14-9-4-5-12-11(7-9)15-13(19-12)8-2-1-3-10(6-8)16(17)18/h1-7H,14H2. The molecule has 1 heterocycles. The average molecular weight is 255 g/mol. The summed E-state index contributed by atoms with van der Waals surface area (Å²) < 4.78 is 5.55. The fourth-order valence-corrected chi connectivity index (χ4v) is 1.82. The highest BCUT2D eigenvalue weighted by Gasteiger charge is 2.12. The first kappa shape index (κ1) is 11.2. The van der Waals surface area contributed by atoms with E-state index in [1.54, 1.807) is 30.3 Å². The third kappa shape index (κ3) is 1.99. The summed E-state index contributed by atoms with van der Waals surface area (Å²) in [5.74, 6) is 0.337. The molecule has 6 nitrogen and oxygen atoms in total. The summed E-state index contributed by atoms with van der Waals surface area (Å²) in [6, 6.07) is 11.3. The molecule has 0 aliphatic rings. The van der Waals surface area contributed by atoms with Crippen molar-refractivity contribution in [2.45, 2.75) is 0 Å². The van der Waals surface area contributed by atoms with Gasteiger partial charge < -0.3 is 10.2 Å². The molecular weight excluding hydrogens is 246 g/mol. The quantitative estimate of drug-likeness (QED) is 0.431. The van der Waals surface area contributed by atoms with Crippen molar-refractivity contribution in [1.29, 1.82) is 0 Å². The maximum atomic E-state index is 10.7. The van der Waals surface area contributed by atoms with Crippen molar-refractivity contribution in [3.63, 3.8) is 0 Å². The van der Waals surface area contributed by atoms with Crippen LogP contribution in [0.2, 0.25) is 0 Å². The van der Waals surface area contributed by atoms with Crippen LogP contribution >= 0.6 is 0 Å². The van der Waals surface area contributed by atoms with Crippen molar-refractivity contribution in [1.82, 2.24) is 4.98 Å². The van der Waals surface area contributed by atoms with E-state index in [1.165, 1.54) is 12.1 Å². The summed E-state index contributed by atoms with van der Waals surface area (Å²) in [5.41, 5.74) is 8.03. The van der Waals surface area contributed by atoms with E-state index in [0.29, 0.717) is 28.2 Å². The minimum absolute atomic E-state index is 0.000676. The van der Waals surface area contributed by atoms with Crippen molar-refractivity contribution >= 4 is 22.5 Å². The Hall–Kier alpha value is -2.89. The van der Waals surface area contributed by atoms with Gasteiger partial charge in [0.05, 0.1) is 4.92 Å². The highest BCUT2D eigenvalue weighted by molar-refractivity contribution is 5.79. The van der Waals surface area contributed by atoms with E-state index in [9.17, 15) is 10.1 Å². The largest absolute Gasteiger partial charge is 0.436 e. The summed E-state index contributed by atoms with van der Waals surface area (Å²) in [6.07, 6.45) is 0. The molecule has 2 N–H and O–H groups in total. The van der Waals surface area contributed by atoms with E-state index in [-0.39, 0.29) is 5.69 Å². The fourth-order valence-electron chi connectivity index (χ4n) is 1.82. The van der Waals surface area contributed by atoms with Gasteiger partial charge in [0.15, 0.2) is 5.58 Å². The maximum absolute atomic E-state index is 10.7. The van der Waals surface area contributed by atoms with Gasteiger partial charge in [0, 0.05) is 23.4 Å². The van der Waals surface area contributed by atoms with Crippen LogP contribution in [0.3, 0.4) is 0 Å². The van der Waals surface area contributed by atoms with Crippen molar-refractivity contribution in [2.75, 3.05) is 5.73 Å². The molecule has 0 saturated carbocycles. The Bertz CT molecular complexity index is 780. The number of anilines is 1. The number of hydrogen-bond donors (Lipinski definition) is 1. The number of fused-ring (bicyclic) bond motifs is 1. The molecule has 3 rings (SSSR count). The minimum Gasteiger partial charge on any atom is -0.436 e. The number of benzene rings is 2. The molecule has 0 aliphatic heterocycles. The van der Waals surface area contributed by atoms with E-state index in [1.807, 2.05) is 0 Å². The number of nitro groups is 1. The lowest BCUT2D eigenvalue weighted by Crippen LogP contribution is -1.87. The zero-order chi connectivity index (χ0) is 13.4. The van der Waals surface area contributed by atoms with Crippen LogP contribution in [0.4, 0.5) is 11.4 Å². The summed E-state index contributed by atoms with van der Waals surface area (Å²) in [6.45, 7) is 0. The van der Waals surface area contributed by atoms with Gasteiger partial charge in [0.2, 0.25) is 5.89 Å². The number of non-ortho nitro benzene ring substituents is 1. The number of hydrogen-bond acceptors (Lipinski definition) is 5. The number of rotatable bonds is 2. The Balaban J connectivity index is 2.13. The van der Waals surface area contributed by atoms with Crippen LogP contribution in [0.1, 0.15) is 0 Å². The fraction of sp³-hybridized carbons (Fsp3) is 0. The first-order valence-electron chi connectivity index (χ1n) is 5.54. The zero-order valence-corrected chi connectivity index (χ0v) is 9.74. The molecule has 0 aliphatic carbocycles. The molecule has 0 saturated heterocycles. The Morgan fingerprint density at radius 1 is 1.21 bits per heavy atom. The lowest BCUT2D eigenvalue weighted by atomic mass is 10.2. The smallest absolute Gasteiger partial charge is 0.270 e. The topological polar surface area (TPSA) is 95.2 Å². The van der Waals surface area contributed by atoms with Gasteiger partial charge in [-0.25, -0.2) is 4.98 Å². The SMILES string of the molecule is Nc1ccc2oc(-c3cccc([N+](=O)[O-])c3)nc2c1. The Morgan fingerprint density at radius 3 is 2.84 bits per heavy atom. The van der Waals surface area contributed by atoms with E-state index in [2.05, 4.69) is 4.98 Å². The second-order valence-electron chi connectivity index (χ2n) is 4.05. The number of aromatic nitrogens is 1. The van der Waals surface area contributed by atoms with Crippen LogP contribution in [0.5, 0.6) is 0 Å². The molecule has 0 unspecified atom stereocenters. The third-order valence-corrected chi connectivity index (χ3v) is 2.72. The highest BCUT2D eigenvalue weighted by atomic mass is 16.6. The number of nitro benzene ring substituents is 1. The molecule has 2 aromatic carbocycles. The molecule has 6 heteroatoms. The molecule has 1 aromatic heterocycles. The normalized spacial score (nSPS) is 10.7. The van der Waals surface area contributed by atoms with Crippen LogP contribution in [-0.2, 0) is 0 Å². The Kier molecular flexibility index (Phi) is 2.42. The van der Waals surface area contributed by atoms with Crippen LogP contribution in [0.25, 0.3) is 22.6 Å². The molecule has 0 fully saturated rings. The molecule has 0 spiro atoms. The van der Waals surface area contributed by atoms with Gasteiger partial charge in [0.1, 0.15) is 5.52 Å². The van der Waals surface area contributed by atoms with Crippen LogP contribution in [0, 0.1) is 10.1 Å². The van der Waals surface area contributed by atoms with Gasteiger partial charge in [0.25, 0.3) is 5.69 Å². The van der Waals surface area contributed by atoms with E-state index < -0.39 is 4.92 Å². The van der Waals surface area contributed by atoms with Crippen molar-refractivity contribution in [3.05, 3.63) is 52.6 Å². The van der Waals surface area contributed by atoms with Crippen molar-refractivity contribution in [3.8, 4) is 11.5 Å². The van der Waals surface area contributed by atoms with Gasteiger partial charge in [-0.3, -0.25) is 10.1 Å². The highest BCUT2D eigenvalue weighted by Crippen LogP contribution is 2.27. The molecule has 94 valence electrons. The third-order valence-electron chi connectivity index (χ3n) is 2.72. The van der Waals surface area contributed by atoms with Crippen molar-refractivity contribution in [2.24, 2.45) is 0 Å². The van der Waals surface area contributed by atoms with Gasteiger partial charge in [-0.2, -0.15) is 0 Å². The van der Waals surface area contributed by atoms with Gasteiger partial charge in [-0.15, -0.1) is 0 Å². The number of nitrogens with zero attached hydrogens (tertiary/aromatic N) is 2. The maximum Gasteiger partial charge on any atom is 0.270 e. The van der Waals surface area contributed by atoms with Crippen LogP contribution in [-0.4, -0.2) is 9.91 Å². The molecule has 0 bridgehead atoms. The van der Waals surface area contributed by atoms with Gasteiger partial charge in [-0.1, -0.05) is 6.07 Å². The zero-order valence-electron chi connectivity index (χ0n) is 9.74. The van der Waals surface area contributed by atoms with Crippen LogP contribution in [0.15, 0.2) is 46.9 Å². The molecular formula is C13H9N3O3. The Morgan fingerprint density at radius 2 is 2.05 bits per heavy atom. The lowest BCUT2D eigenvalue weighted by Gasteiger charge is -1.94. The number of nitrogen functional groups attached to an aromatic ring is 1. The molecule has 0 radical (unpaired) electrons. The summed E-state index contributed by atoms with van der Waals surface area (Å²) in [5, 5.41) is 10.7. The lowest BCUT2D eigenvalue weighted by molar-refractivity contribution is -0.384. The predicted octanol–water partition coefficient (Wildman–Crippen LogP) is 2.99.